The van der Waals surface area contributed by atoms with Gasteiger partial charge in [0.05, 0.1) is 10.9 Å². The van der Waals surface area contributed by atoms with Gasteiger partial charge in [0.2, 0.25) is 10.0 Å². The molecule has 3 N–H and O–H groups in total. The van der Waals surface area contributed by atoms with Crippen LogP contribution in [0.15, 0.2) is 29.2 Å². The highest BCUT2D eigenvalue weighted by atomic mass is 32.2. The van der Waals surface area contributed by atoms with E-state index in [1.54, 1.807) is 12.1 Å². The Bertz CT molecular complexity index is 729. The van der Waals surface area contributed by atoms with Gasteiger partial charge in [-0.3, -0.25) is 0 Å². The highest BCUT2D eigenvalue weighted by Gasteiger charge is 2.36. The van der Waals surface area contributed by atoms with Gasteiger partial charge in [0.1, 0.15) is 0 Å². The van der Waals surface area contributed by atoms with Crippen LogP contribution in [-0.2, 0) is 10.0 Å². The summed E-state index contributed by atoms with van der Waals surface area (Å²) in [6, 6.07) is 6.46. The Hall–Kier alpha value is -1.60. The van der Waals surface area contributed by atoms with Crippen LogP contribution in [0, 0.1) is 5.92 Å². The van der Waals surface area contributed by atoms with Crippen molar-refractivity contribution >= 4 is 16.1 Å². The number of nitrogens with zero attached hydrogens (tertiary/aromatic N) is 1. The van der Waals surface area contributed by atoms with Crippen LogP contribution >= 0.6 is 0 Å². The molecule has 7 heteroatoms. The molecule has 1 saturated carbocycles. The zero-order chi connectivity index (χ0) is 18.0. The number of hydrogen-bond donors (Lipinski definition) is 2. The molecule has 138 valence electrons. The summed E-state index contributed by atoms with van der Waals surface area (Å²) < 4.78 is 23.0. The number of amides is 2. The van der Waals surface area contributed by atoms with Crippen LogP contribution in [0.4, 0.5) is 4.79 Å². The summed E-state index contributed by atoms with van der Waals surface area (Å²) in [7, 11) is -3.75. The SMILES string of the molecule is CC(NC(=O)N1CCCC1C1CCCC1)c1cccc(S(N)(=O)=O)c1. The molecule has 1 aromatic carbocycles. The quantitative estimate of drug-likeness (QED) is 0.859. The molecule has 6 nitrogen and oxygen atoms in total. The third kappa shape index (κ3) is 4.15. The minimum absolute atomic E-state index is 0.0529. The number of sulfonamides is 1. The topological polar surface area (TPSA) is 92.5 Å². The lowest BCUT2D eigenvalue weighted by Gasteiger charge is -2.30. The number of nitrogens with two attached hydrogens (primary N) is 1. The summed E-state index contributed by atoms with van der Waals surface area (Å²) >= 11 is 0. The second-order valence-corrected chi connectivity index (χ2v) is 8.80. The first-order chi connectivity index (χ1) is 11.9. The second-order valence-electron chi connectivity index (χ2n) is 7.24. The smallest absolute Gasteiger partial charge is 0.318 e. The Morgan fingerprint density at radius 3 is 2.64 bits per heavy atom. The van der Waals surface area contributed by atoms with Crippen molar-refractivity contribution in [1.82, 2.24) is 10.2 Å². The van der Waals surface area contributed by atoms with E-state index in [1.807, 2.05) is 11.8 Å². The van der Waals surface area contributed by atoms with E-state index >= 15 is 0 Å². The first kappa shape index (κ1) is 18.2. The average molecular weight is 365 g/mol. The molecule has 2 amide bonds. The van der Waals surface area contributed by atoms with Gasteiger partial charge in [-0.15, -0.1) is 0 Å². The monoisotopic (exact) mass is 365 g/mol. The highest BCUT2D eigenvalue weighted by molar-refractivity contribution is 7.89. The van der Waals surface area contributed by atoms with E-state index in [4.69, 9.17) is 5.14 Å². The fourth-order valence-electron chi connectivity index (χ4n) is 4.19. The van der Waals surface area contributed by atoms with Crippen LogP contribution in [0.25, 0.3) is 0 Å². The third-order valence-electron chi connectivity index (χ3n) is 5.53. The maximum Gasteiger partial charge on any atom is 0.318 e. The summed E-state index contributed by atoms with van der Waals surface area (Å²) in [5.74, 6) is 0.634. The van der Waals surface area contributed by atoms with Crippen molar-refractivity contribution in [1.29, 1.82) is 0 Å². The van der Waals surface area contributed by atoms with Gasteiger partial charge in [0, 0.05) is 12.6 Å². The Labute approximate surface area is 149 Å². The van der Waals surface area contributed by atoms with E-state index in [0.29, 0.717) is 12.0 Å². The second kappa shape index (κ2) is 7.33. The van der Waals surface area contributed by atoms with Gasteiger partial charge in [0.15, 0.2) is 0 Å². The number of rotatable bonds is 4. The van der Waals surface area contributed by atoms with Crippen molar-refractivity contribution in [2.75, 3.05) is 6.54 Å². The van der Waals surface area contributed by atoms with E-state index in [9.17, 15) is 13.2 Å². The molecule has 25 heavy (non-hydrogen) atoms. The molecule has 0 spiro atoms. The molecule has 1 heterocycles. The number of likely N-dealkylation sites (tertiary alicyclic amines) is 1. The Morgan fingerprint density at radius 1 is 1.24 bits per heavy atom. The highest BCUT2D eigenvalue weighted by Crippen LogP contribution is 2.35. The maximum atomic E-state index is 12.7. The molecule has 0 radical (unpaired) electrons. The van der Waals surface area contributed by atoms with Crippen molar-refractivity contribution in [3.8, 4) is 0 Å². The summed E-state index contributed by atoms with van der Waals surface area (Å²) in [6.07, 6.45) is 7.14. The van der Waals surface area contributed by atoms with E-state index in [2.05, 4.69) is 5.32 Å². The summed E-state index contributed by atoms with van der Waals surface area (Å²) in [5, 5.41) is 8.21. The van der Waals surface area contributed by atoms with Gasteiger partial charge in [-0.2, -0.15) is 0 Å². The van der Waals surface area contributed by atoms with Gasteiger partial charge in [0.25, 0.3) is 0 Å². The predicted molar refractivity (Wildman–Crippen MR) is 96.4 cm³/mol. The third-order valence-corrected chi connectivity index (χ3v) is 6.44. The van der Waals surface area contributed by atoms with Crippen LogP contribution in [0.3, 0.4) is 0 Å². The zero-order valence-electron chi connectivity index (χ0n) is 14.6. The lowest BCUT2D eigenvalue weighted by molar-refractivity contribution is 0.170. The van der Waals surface area contributed by atoms with Crippen molar-refractivity contribution < 1.29 is 13.2 Å². The first-order valence-corrected chi connectivity index (χ1v) is 10.6. The molecular weight excluding hydrogens is 338 g/mol. The predicted octanol–water partition coefficient (Wildman–Crippen LogP) is 2.76. The standard InChI is InChI=1S/C18H27N3O3S/c1-13(15-8-4-9-16(12-15)25(19,23)24)20-18(22)21-11-5-10-17(21)14-6-2-3-7-14/h4,8-9,12-14,17H,2-3,5-7,10-11H2,1H3,(H,20,22)(H2,19,23,24). The number of hydrogen-bond acceptors (Lipinski definition) is 3. The fraction of sp³-hybridized carbons (Fsp3) is 0.611. The van der Waals surface area contributed by atoms with E-state index in [1.165, 1.54) is 37.8 Å². The normalized spacial score (nSPS) is 23.0. The molecule has 2 unspecified atom stereocenters. The number of nitrogens with one attached hydrogen (secondary N) is 1. The number of urea groups is 1. The van der Waals surface area contributed by atoms with Crippen molar-refractivity contribution in [2.24, 2.45) is 11.1 Å². The minimum atomic E-state index is -3.75. The van der Waals surface area contributed by atoms with Gasteiger partial charge < -0.3 is 10.2 Å². The molecule has 1 aliphatic heterocycles. The fourth-order valence-corrected chi connectivity index (χ4v) is 4.76. The van der Waals surface area contributed by atoms with Crippen LogP contribution in [0.1, 0.15) is 57.1 Å². The lowest BCUT2D eigenvalue weighted by Crippen LogP contribution is -2.45. The largest absolute Gasteiger partial charge is 0.331 e. The number of primary sulfonamides is 1. The van der Waals surface area contributed by atoms with E-state index in [-0.39, 0.29) is 17.0 Å². The van der Waals surface area contributed by atoms with Crippen LogP contribution in [0.2, 0.25) is 0 Å². The summed E-state index contributed by atoms with van der Waals surface area (Å²) in [6.45, 7) is 2.66. The van der Waals surface area contributed by atoms with E-state index in [0.717, 1.165) is 24.9 Å². The Kier molecular flexibility index (Phi) is 5.34. The molecular formula is C18H27N3O3S. The molecule has 2 atom stereocenters. The van der Waals surface area contributed by atoms with Crippen molar-refractivity contribution in [3.05, 3.63) is 29.8 Å². The molecule has 2 aliphatic rings. The number of carbonyl (C=O) groups is 1. The molecule has 1 aliphatic carbocycles. The summed E-state index contributed by atoms with van der Waals surface area (Å²) in [5.41, 5.74) is 0.733. The van der Waals surface area contributed by atoms with Gasteiger partial charge in [-0.25, -0.2) is 18.4 Å². The number of benzene rings is 1. The molecule has 1 aromatic rings. The Morgan fingerprint density at radius 2 is 1.96 bits per heavy atom. The zero-order valence-corrected chi connectivity index (χ0v) is 15.5. The minimum Gasteiger partial charge on any atom is -0.331 e. The number of carbonyl (C=O) groups excluding carboxylic acids is 1. The van der Waals surface area contributed by atoms with Gasteiger partial charge in [-0.05, 0) is 56.2 Å². The molecule has 0 bridgehead atoms. The van der Waals surface area contributed by atoms with Crippen molar-refractivity contribution in [3.63, 3.8) is 0 Å². The average Bonchev–Trinajstić information content (AvgIpc) is 3.25. The van der Waals surface area contributed by atoms with Crippen LogP contribution < -0.4 is 10.5 Å². The van der Waals surface area contributed by atoms with Crippen molar-refractivity contribution in [2.45, 2.75) is 62.4 Å². The molecule has 0 aromatic heterocycles. The summed E-state index contributed by atoms with van der Waals surface area (Å²) in [4.78, 5) is 14.8. The van der Waals surface area contributed by atoms with Gasteiger partial charge in [-0.1, -0.05) is 25.0 Å². The van der Waals surface area contributed by atoms with Crippen LogP contribution in [-0.4, -0.2) is 31.9 Å². The van der Waals surface area contributed by atoms with Crippen LogP contribution in [0.5, 0.6) is 0 Å². The van der Waals surface area contributed by atoms with Gasteiger partial charge >= 0.3 is 6.03 Å². The first-order valence-electron chi connectivity index (χ1n) is 9.06. The molecule has 2 fully saturated rings. The Balaban J connectivity index is 1.68. The molecule has 1 saturated heterocycles. The maximum absolute atomic E-state index is 12.7. The molecule has 3 rings (SSSR count). The van der Waals surface area contributed by atoms with E-state index < -0.39 is 10.0 Å². The lowest BCUT2D eigenvalue weighted by atomic mass is 9.96.